The van der Waals surface area contributed by atoms with Gasteiger partial charge in [-0.2, -0.15) is 0 Å². The first-order chi connectivity index (χ1) is 9.60. The third kappa shape index (κ3) is 2.21. The Bertz CT molecular complexity index is 801. The van der Waals surface area contributed by atoms with E-state index < -0.39 is 0 Å². The summed E-state index contributed by atoms with van der Waals surface area (Å²) < 4.78 is 28.9. The van der Waals surface area contributed by atoms with Crippen LogP contribution in [0, 0.1) is 11.6 Å². The van der Waals surface area contributed by atoms with Crippen LogP contribution >= 0.6 is 27.5 Å². The van der Waals surface area contributed by atoms with Crippen LogP contribution in [0.15, 0.2) is 40.9 Å². The Hall–Kier alpha value is -1.46. The summed E-state index contributed by atoms with van der Waals surface area (Å²) >= 11 is 9.22. The summed E-state index contributed by atoms with van der Waals surface area (Å²) in [6, 6.07) is 8.60. The third-order valence-electron chi connectivity index (χ3n) is 2.96. The highest BCUT2D eigenvalue weighted by Gasteiger charge is 2.14. The molecule has 20 heavy (non-hydrogen) atoms. The number of hydrogen-bond acceptors (Lipinski definition) is 1. The number of nitrogens with zero attached hydrogens (tertiary/aromatic N) is 2. The lowest BCUT2D eigenvalue weighted by Crippen LogP contribution is -2.00. The van der Waals surface area contributed by atoms with Crippen LogP contribution in [-0.4, -0.2) is 9.55 Å². The summed E-state index contributed by atoms with van der Waals surface area (Å²) in [4.78, 5) is 4.36. The van der Waals surface area contributed by atoms with E-state index in [2.05, 4.69) is 20.9 Å². The fourth-order valence-corrected chi connectivity index (χ4v) is 2.83. The van der Waals surface area contributed by atoms with E-state index in [0.29, 0.717) is 27.0 Å². The Morgan fingerprint density at radius 1 is 1.10 bits per heavy atom. The molecule has 102 valence electrons. The van der Waals surface area contributed by atoms with Gasteiger partial charge in [0, 0.05) is 10.5 Å². The van der Waals surface area contributed by atoms with Gasteiger partial charge in [0.05, 0.1) is 22.6 Å². The predicted molar refractivity (Wildman–Crippen MR) is 78.2 cm³/mol. The standard InChI is InChI=1S/C14H8BrClF2N2/c15-10-5-8(17)2-4-12(10)20-13-6-9(18)1-3-11(13)19-14(20)7-16/h1-6H,7H2. The van der Waals surface area contributed by atoms with Crippen LogP contribution in [0.25, 0.3) is 16.7 Å². The Labute approximate surface area is 127 Å². The van der Waals surface area contributed by atoms with Crippen molar-refractivity contribution in [3.8, 4) is 5.69 Å². The molecular weight excluding hydrogens is 350 g/mol. The lowest BCUT2D eigenvalue weighted by molar-refractivity contribution is 0.626. The number of fused-ring (bicyclic) bond motifs is 1. The number of aromatic nitrogens is 2. The molecule has 0 saturated heterocycles. The lowest BCUT2D eigenvalue weighted by Gasteiger charge is -2.10. The van der Waals surface area contributed by atoms with Gasteiger partial charge < -0.3 is 0 Å². The summed E-state index contributed by atoms with van der Waals surface area (Å²) in [6.45, 7) is 0. The number of hydrogen-bond donors (Lipinski definition) is 0. The summed E-state index contributed by atoms with van der Waals surface area (Å²) in [5.74, 6) is 0.0151. The molecule has 0 N–H and O–H groups in total. The zero-order valence-corrected chi connectivity index (χ0v) is 12.4. The maximum absolute atomic E-state index is 13.5. The van der Waals surface area contributed by atoms with Crippen molar-refractivity contribution < 1.29 is 8.78 Å². The van der Waals surface area contributed by atoms with Gasteiger partial charge in [-0.25, -0.2) is 13.8 Å². The third-order valence-corrected chi connectivity index (χ3v) is 3.83. The minimum absolute atomic E-state index is 0.167. The van der Waals surface area contributed by atoms with Crippen LogP contribution in [0.2, 0.25) is 0 Å². The van der Waals surface area contributed by atoms with Crippen molar-refractivity contribution in [2.75, 3.05) is 0 Å². The van der Waals surface area contributed by atoms with Gasteiger partial charge in [-0.15, -0.1) is 11.6 Å². The van der Waals surface area contributed by atoms with Crippen molar-refractivity contribution in [3.63, 3.8) is 0 Å². The quantitative estimate of drug-likeness (QED) is 0.602. The molecular formula is C14H8BrClF2N2. The Morgan fingerprint density at radius 2 is 1.80 bits per heavy atom. The van der Waals surface area contributed by atoms with Crippen LogP contribution in [0.5, 0.6) is 0 Å². The van der Waals surface area contributed by atoms with E-state index >= 15 is 0 Å². The van der Waals surface area contributed by atoms with Gasteiger partial charge in [0.2, 0.25) is 0 Å². The number of alkyl halides is 1. The first-order valence-corrected chi connectivity index (χ1v) is 7.11. The van der Waals surface area contributed by atoms with Crippen LogP contribution in [0.4, 0.5) is 8.78 Å². The van der Waals surface area contributed by atoms with Crippen molar-refractivity contribution in [2.45, 2.75) is 5.88 Å². The summed E-state index contributed by atoms with van der Waals surface area (Å²) in [5.41, 5.74) is 1.89. The van der Waals surface area contributed by atoms with E-state index in [1.807, 2.05) is 0 Å². The second kappa shape index (κ2) is 5.14. The van der Waals surface area contributed by atoms with Crippen LogP contribution in [-0.2, 0) is 5.88 Å². The zero-order valence-electron chi connectivity index (χ0n) is 10.1. The van der Waals surface area contributed by atoms with Gasteiger partial charge in [-0.05, 0) is 46.3 Å². The zero-order chi connectivity index (χ0) is 14.3. The van der Waals surface area contributed by atoms with Gasteiger partial charge in [0.25, 0.3) is 0 Å². The Balaban J connectivity index is 2.36. The van der Waals surface area contributed by atoms with Crippen molar-refractivity contribution in [1.29, 1.82) is 0 Å². The smallest absolute Gasteiger partial charge is 0.129 e. The summed E-state index contributed by atoms with van der Waals surface area (Å²) in [7, 11) is 0. The summed E-state index contributed by atoms with van der Waals surface area (Å²) in [6.07, 6.45) is 0. The van der Waals surface area contributed by atoms with Crippen molar-refractivity contribution in [1.82, 2.24) is 9.55 Å². The molecule has 0 aliphatic carbocycles. The monoisotopic (exact) mass is 356 g/mol. The van der Waals surface area contributed by atoms with Crippen LogP contribution in [0.1, 0.15) is 5.82 Å². The number of benzene rings is 2. The molecule has 0 aliphatic rings. The molecule has 0 amide bonds. The first-order valence-electron chi connectivity index (χ1n) is 5.78. The molecule has 0 aliphatic heterocycles. The first kappa shape index (κ1) is 13.5. The van der Waals surface area contributed by atoms with Crippen molar-refractivity contribution >= 4 is 38.6 Å². The molecule has 0 spiro atoms. The molecule has 1 heterocycles. The Morgan fingerprint density at radius 3 is 2.50 bits per heavy atom. The molecule has 0 unspecified atom stereocenters. The maximum atomic E-state index is 13.5. The minimum atomic E-state index is -0.363. The maximum Gasteiger partial charge on any atom is 0.129 e. The van der Waals surface area contributed by atoms with E-state index in [4.69, 9.17) is 11.6 Å². The number of rotatable bonds is 2. The van der Waals surface area contributed by atoms with E-state index in [-0.39, 0.29) is 17.5 Å². The second-order valence-corrected chi connectivity index (χ2v) is 5.35. The van der Waals surface area contributed by atoms with E-state index in [9.17, 15) is 8.78 Å². The molecule has 1 aromatic heterocycles. The predicted octanol–water partition coefficient (Wildman–Crippen LogP) is 4.81. The molecule has 0 atom stereocenters. The molecule has 0 fully saturated rings. The molecule has 2 aromatic carbocycles. The molecule has 0 radical (unpaired) electrons. The summed E-state index contributed by atoms with van der Waals surface area (Å²) in [5, 5.41) is 0. The van der Waals surface area contributed by atoms with Gasteiger partial charge in [-0.1, -0.05) is 0 Å². The fourth-order valence-electron chi connectivity index (χ4n) is 2.12. The van der Waals surface area contributed by atoms with E-state index in [1.165, 1.54) is 24.3 Å². The molecule has 6 heteroatoms. The highest BCUT2D eigenvalue weighted by molar-refractivity contribution is 9.10. The van der Waals surface area contributed by atoms with Crippen LogP contribution < -0.4 is 0 Å². The molecule has 2 nitrogen and oxygen atoms in total. The molecule has 0 saturated carbocycles. The van der Waals surface area contributed by atoms with Gasteiger partial charge in [0.15, 0.2) is 0 Å². The van der Waals surface area contributed by atoms with Gasteiger partial charge in [-0.3, -0.25) is 4.57 Å². The molecule has 3 aromatic rings. The largest absolute Gasteiger partial charge is 0.294 e. The Kier molecular flexibility index (Phi) is 3.48. The van der Waals surface area contributed by atoms with Crippen molar-refractivity contribution in [3.05, 3.63) is 58.3 Å². The van der Waals surface area contributed by atoms with Crippen LogP contribution in [0.3, 0.4) is 0 Å². The van der Waals surface area contributed by atoms with E-state index in [0.717, 1.165) is 0 Å². The number of imidazole rings is 1. The second-order valence-electron chi connectivity index (χ2n) is 4.23. The molecule has 3 rings (SSSR count). The highest BCUT2D eigenvalue weighted by Crippen LogP contribution is 2.28. The lowest BCUT2D eigenvalue weighted by atomic mass is 10.2. The normalized spacial score (nSPS) is 11.2. The van der Waals surface area contributed by atoms with E-state index in [1.54, 1.807) is 16.7 Å². The van der Waals surface area contributed by atoms with Gasteiger partial charge >= 0.3 is 0 Å². The average molecular weight is 358 g/mol. The van der Waals surface area contributed by atoms with Gasteiger partial charge in [0.1, 0.15) is 17.5 Å². The SMILES string of the molecule is Fc1ccc(-n2c(CCl)nc3ccc(F)cc32)c(Br)c1. The highest BCUT2D eigenvalue weighted by atomic mass is 79.9. The fraction of sp³-hybridized carbons (Fsp3) is 0.0714. The molecule has 0 bridgehead atoms. The minimum Gasteiger partial charge on any atom is -0.294 e. The average Bonchev–Trinajstić information content (AvgIpc) is 2.76. The number of halogens is 4. The van der Waals surface area contributed by atoms with Crippen molar-refractivity contribution in [2.24, 2.45) is 0 Å². The topological polar surface area (TPSA) is 17.8 Å².